The van der Waals surface area contributed by atoms with E-state index in [9.17, 15) is 14.4 Å². The molecular weight excluding hydrogens is 396 g/mol. The van der Waals surface area contributed by atoms with Crippen molar-refractivity contribution in [3.8, 4) is 11.5 Å². The lowest BCUT2D eigenvalue weighted by molar-refractivity contribution is -0.123. The Hall–Kier alpha value is -3.07. The Labute approximate surface area is 173 Å². The molecule has 0 saturated carbocycles. The summed E-state index contributed by atoms with van der Waals surface area (Å²) in [6.07, 6.45) is 1.68. The summed E-state index contributed by atoms with van der Waals surface area (Å²) in [5, 5.41) is 6.37. The SMILES string of the molecule is CCCOc1ccc(NC(=O)NC(=O)COC(=O)c2cccs2)cc1OCCC. The second-order valence-electron chi connectivity index (χ2n) is 5.91. The van der Waals surface area contributed by atoms with Gasteiger partial charge in [0.15, 0.2) is 18.1 Å². The number of amides is 3. The maximum absolute atomic E-state index is 12.0. The molecule has 0 aliphatic carbocycles. The molecule has 8 nitrogen and oxygen atoms in total. The van der Waals surface area contributed by atoms with Crippen LogP contribution in [0.4, 0.5) is 10.5 Å². The van der Waals surface area contributed by atoms with Crippen molar-refractivity contribution in [3.63, 3.8) is 0 Å². The van der Waals surface area contributed by atoms with Gasteiger partial charge in [-0.2, -0.15) is 0 Å². The van der Waals surface area contributed by atoms with Crippen LogP contribution in [-0.4, -0.2) is 37.7 Å². The quantitative estimate of drug-likeness (QED) is 0.566. The molecule has 1 heterocycles. The lowest BCUT2D eigenvalue weighted by Crippen LogP contribution is -2.37. The van der Waals surface area contributed by atoms with Crippen LogP contribution in [0.2, 0.25) is 0 Å². The first kappa shape index (κ1) is 22.2. The maximum Gasteiger partial charge on any atom is 0.348 e. The highest BCUT2D eigenvalue weighted by molar-refractivity contribution is 7.11. The molecule has 0 unspecified atom stereocenters. The molecule has 0 bridgehead atoms. The first-order valence-electron chi connectivity index (χ1n) is 9.24. The largest absolute Gasteiger partial charge is 0.490 e. The molecule has 0 aliphatic rings. The Balaban J connectivity index is 1.88. The smallest absolute Gasteiger partial charge is 0.348 e. The van der Waals surface area contributed by atoms with Gasteiger partial charge in [-0.1, -0.05) is 19.9 Å². The molecule has 156 valence electrons. The number of esters is 1. The Morgan fingerprint density at radius 3 is 2.38 bits per heavy atom. The van der Waals surface area contributed by atoms with Crippen LogP contribution in [0.5, 0.6) is 11.5 Å². The van der Waals surface area contributed by atoms with Crippen molar-refractivity contribution < 1.29 is 28.6 Å². The van der Waals surface area contributed by atoms with Crippen molar-refractivity contribution in [3.05, 3.63) is 40.6 Å². The molecule has 0 spiro atoms. The fourth-order valence-corrected chi connectivity index (χ4v) is 2.78. The predicted molar refractivity (Wildman–Crippen MR) is 110 cm³/mol. The Morgan fingerprint density at radius 1 is 1.00 bits per heavy atom. The average Bonchev–Trinajstić information content (AvgIpc) is 3.24. The Morgan fingerprint density at radius 2 is 1.72 bits per heavy atom. The number of nitrogens with one attached hydrogen (secondary N) is 2. The number of urea groups is 1. The van der Waals surface area contributed by atoms with Crippen LogP contribution in [0.1, 0.15) is 36.4 Å². The van der Waals surface area contributed by atoms with Gasteiger partial charge in [-0.15, -0.1) is 11.3 Å². The monoisotopic (exact) mass is 420 g/mol. The molecule has 2 aromatic rings. The highest BCUT2D eigenvalue weighted by Crippen LogP contribution is 2.31. The summed E-state index contributed by atoms with van der Waals surface area (Å²) < 4.78 is 16.2. The topological polar surface area (TPSA) is 103 Å². The van der Waals surface area contributed by atoms with Crippen molar-refractivity contribution in [2.45, 2.75) is 26.7 Å². The zero-order valence-corrected chi connectivity index (χ0v) is 17.2. The summed E-state index contributed by atoms with van der Waals surface area (Å²) in [6.45, 7) is 4.49. The molecule has 0 fully saturated rings. The molecule has 29 heavy (non-hydrogen) atoms. The van der Waals surface area contributed by atoms with Gasteiger partial charge in [-0.25, -0.2) is 9.59 Å². The molecule has 1 aromatic carbocycles. The summed E-state index contributed by atoms with van der Waals surface area (Å²) in [7, 11) is 0. The molecular formula is C20H24N2O6S. The minimum absolute atomic E-state index is 0.382. The van der Waals surface area contributed by atoms with Gasteiger partial charge >= 0.3 is 12.0 Å². The molecule has 9 heteroatoms. The average molecular weight is 420 g/mol. The van der Waals surface area contributed by atoms with Crippen molar-refractivity contribution in [1.29, 1.82) is 0 Å². The molecule has 3 amide bonds. The molecule has 2 rings (SSSR count). The van der Waals surface area contributed by atoms with Gasteiger partial charge in [0.2, 0.25) is 0 Å². The lowest BCUT2D eigenvalue weighted by Gasteiger charge is -2.14. The van der Waals surface area contributed by atoms with E-state index in [0.717, 1.165) is 12.8 Å². The summed E-state index contributed by atoms with van der Waals surface area (Å²) in [5.41, 5.74) is 0.431. The van der Waals surface area contributed by atoms with E-state index >= 15 is 0 Å². The van der Waals surface area contributed by atoms with Crippen molar-refractivity contribution in [1.82, 2.24) is 5.32 Å². The van der Waals surface area contributed by atoms with E-state index in [1.807, 2.05) is 13.8 Å². The van der Waals surface area contributed by atoms with Crippen LogP contribution in [-0.2, 0) is 9.53 Å². The number of hydrogen-bond donors (Lipinski definition) is 2. The van der Waals surface area contributed by atoms with E-state index in [0.29, 0.717) is 35.3 Å². The van der Waals surface area contributed by atoms with Crippen LogP contribution in [0.3, 0.4) is 0 Å². The standard InChI is InChI=1S/C20H24N2O6S/c1-3-9-26-15-8-7-14(12-16(15)27-10-4-2)21-20(25)22-18(23)13-28-19(24)17-6-5-11-29-17/h5-8,11-12H,3-4,9-10,13H2,1-2H3,(H2,21,22,23,25). The van der Waals surface area contributed by atoms with Crippen molar-refractivity contribution in [2.24, 2.45) is 0 Å². The van der Waals surface area contributed by atoms with Gasteiger partial charge in [0.25, 0.3) is 5.91 Å². The van der Waals surface area contributed by atoms with Gasteiger partial charge in [0, 0.05) is 11.8 Å². The number of carbonyl (C=O) groups excluding carboxylic acids is 3. The number of imide groups is 1. The summed E-state index contributed by atoms with van der Waals surface area (Å²) >= 11 is 1.20. The summed E-state index contributed by atoms with van der Waals surface area (Å²) in [5.74, 6) is -0.258. The highest BCUT2D eigenvalue weighted by Gasteiger charge is 2.14. The minimum Gasteiger partial charge on any atom is -0.490 e. The Kier molecular flexibility index (Phi) is 8.97. The van der Waals surface area contributed by atoms with E-state index < -0.39 is 24.5 Å². The van der Waals surface area contributed by atoms with Crippen LogP contribution in [0, 0.1) is 0 Å². The number of rotatable bonds is 10. The van der Waals surface area contributed by atoms with E-state index in [1.165, 1.54) is 11.3 Å². The number of carbonyl (C=O) groups is 3. The molecule has 0 atom stereocenters. The second kappa shape index (κ2) is 11.7. The fraction of sp³-hybridized carbons (Fsp3) is 0.350. The zero-order valence-electron chi connectivity index (χ0n) is 16.4. The van der Waals surface area contributed by atoms with E-state index in [-0.39, 0.29) is 0 Å². The maximum atomic E-state index is 12.0. The second-order valence-corrected chi connectivity index (χ2v) is 6.86. The van der Waals surface area contributed by atoms with Gasteiger partial charge in [-0.3, -0.25) is 10.1 Å². The molecule has 2 N–H and O–H groups in total. The number of anilines is 1. The minimum atomic E-state index is -0.745. The fourth-order valence-electron chi connectivity index (χ4n) is 2.16. The molecule has 0 aliphatic heterocycles. The summed E-state index contributed by atoms with van der Waals surface area (Å²) in [6, 6.07) is 7.51. The third-order valence-electron chi connectivity index (χ3n) is 3.43. The van der Waals surface area contributed by atoms with Crippen LogP contribution >= 0.6 is 11.3 Å². The lowest BCUT2D eigenvalue weighted by atomic mass is 10.2. The molecule has 1 aromatic heterocycles. The summed E-state index contributed by atoms with van der Waals surface area (Å²) in [4.78, 5) is 35.9. The van der Waals surface area contributed by atoms with Crippen molar-refractivity contribution in [2.75, 3.05) is 25.1 Å². The van der Waals surface area contributed by atoms with Crippen LogP contribution in [0.25, 0.3) is 0 Å². The van der Waals surface area contributed by atoms with Gasteiger partial charge in [-0.05, 0) is 36.4 Å². The Bertz CT molecular complexity index is 822. The van der Waals surface area contributed by atoms with E-state index in [4.69, 9.17) is 14.2 Å². The van der Waals surface area contributed by atoms with Crippen LogP contribution in [0.15, 0.2) is 35.7 Å². The van der Waals surface area contributed by atoms with Gasteiger partial charge in [0.1, 0.15) is 4.88 Å². The number of ether oxygens (including phenoxy) is 3. The third kappa shape index (κ3) is 7.46. The van der Waals surface area contributed by atoms with E-state index in [1.54, 1.807) is 35.7 Å². The third-order valence-corrected chi connectivity index (χ3v) is 4.28. The van der Waals surface area contributed by atoms with Gasteiger partial charge in [0.05, 0.1) is 13.2 Å². The normalized spacial score (nSPS) is 10.1. The number of hydrogen-bond acceptors (Lipinski definition) is 7. The van der Waals surface area contributed by atoms with Crippen LogP contribution < -0.4 is 20.1 Å². The molecule has 0 saturated heterocycles. The first-order valence-corrected chi connectivity index (χ1v) is 10.1. The molecule has 0 radical (unpaired) electrons. The van der Waals surface area contributed by atoms with Gasteiger partial charge < -0.3 is 19.5 Å². The highest BCUT2D eigenvalue weighted by atomic mass is 32.1. The number of thiophene rings is 1. The first-order chi connectivity index (χ1) is 14.0. The van der Waals surface area contributed by atoms with Crippen molar-refractivity contribution >= 4 is 34.9 Å². The number of benzene rings is 1. The zero-order chi connectivity index (χ0) is 21.1. The predicted octanol–water partition coefficient (Wildman–Crippen LogP) is 3.83. The van der Waals surface area contributed by atoms with E-state index in [2.05, 4.69) is 10.6 Å².